The number of phosphoric ester groups is 1. The first-order chi connectivity index (χ1) is 7.39. The molecule has 0 rings (SSSR count). The van der Waals surface area contributed by atoms with E-state index in [9.17, 15) is 9.36 Å². The van der Waals surface area contributed by atoms with Crippen molar-refractivity contribution in [2.24, 2.45) is 0 Å². The molecule has 0 saturated heterocycles. The van der Waals surface area contributed by atoms with Crippen molar-refractivity contribution in [3.63, 3.8) is 0 Å². The van der Waals surface area contributed by atoms with Crippen LogP contribution >= 0.6 is 7.82 Å². The molecule has 7 heteroatoms. The minimum Gasteiger partial charge on any atom is -0.460 e. The Labute approximate surface area is 94.8 Å². The fourth-order valence-electron chi connectivity index (χ4n) is 0.654. The Kier molecular flexibility index (Phi) is 7.25. The van der Waals surface area contributed by atoms with Gasteiger partial charge in [-0.1, -0.05) is 13.5 Å². The highest BCUT2D eigenvalue weighted by Gasteiger charge is 2.20. The molecule has 0 aromatic carbocycles. The molecule has 1 N–H and O–H groups in total. The summed E-state index contributed by atoms with van der Waals surface area (Å²) >= 11 is 0. The maximum Gasteiger partial charge on any atom is 0.472 e. The third-order valence-corrected chi connectivity index (χ3v) is 2.40. The Morgan fingerprint density at radius 3 is 2.38 bits per heavy atom. The first kappa shape index (κ1) is 15.3. The van der Waals surface area contributed by atoms with Crippen molar-refractivity contribution in [2.45, 2.75) is 20.3 Å². The molecule has 0 radical (unpaired) electrons. The van der Waals surface area contributed by atoms with E-state index >= 15 is 0 Å². The Morgan fingerprint density at radius 2 is 1.88 bits per heavy atom. The molecule has 0 aromatic rings. The van der Waals surface area contributed by atoms with Crippen molar-refractivity contribution in [1.29, 1.82) is 0 Å². The lowest BCUT2D eigenvalue weighted by Crippen LogP contribution is -2.10. The summed E-state index contributed by atoms with van der Waals surface area (Å²) in [7, 11) is -4.01. The lowest BCUT2D eigenvalue weighted by atomic mass is 10.4. The minimum atomic E-state index is -4.01. The molecule has 0 heterocycles. The standard InChI is InChI=1S/C9H17O6P/c1-4-5-14-16(11,12)15-7-6-13-9(10)8(2)3/h2,4-7H2,1,3H3,(H,11,12). The monoisotopic (exact) mass is 252 g/mol. The number of phosphoric acid groups is 1. The van der Waals surface area contributed by atoms with Gasteiger partial charge in [0.05, 0.1) is 13.2 Å². The summed E-state index contributed by atoms with van der Waals surface area (Å²) < 4.78 is 24.9. The summed E-state index contributed by atoms with van der Waals surface area (Å²) in [5, 5.41) is 0. The molecule has 6 nitrogen and oxygen atoms in total. The van der Waals surface area contributed by atoms with Gasteiger partial charge in [-0.15, -0.1) is 0 Å². The molecule has 0 aromatic heterocycles. The van der Waals surface area contributed by atoms with Crippen LogP contribution in [0.4, 0.5) is 0 Å². The average molecular weight is 252 g/mol. The largest absolute Gasteiger partial charge is 0.472 e. The summed E-state index contributed by atoms with van der Waals surface area (Å²) in [5.41, 5.74) is 0.259. The molecule has 0 aliphatic carbocycles. The van der Waals surface area contributed by atoms with Gasteiger partial charge in [-0.2, -0.15) is 0 Å². The predicted molar refractivity (Wildman–Crippen MR) is 57.8 cm³/mol. The molecule has 1 unspecified atom stereocenters. The van der Waals surface area contributed by atoms with Gasteiger partial charge in [0.15, 0.2) is 0 Å². The Bertz CT molecular complexity index is 288. The molecule has 16 heavy (non-hydrogen) atoms. The fraction of sp³-hybridized carbons (Fsp3) is 0.667. The Morgan fingerprint density at radius 1 is 1.31 bits per heavy atom. The maximum atomic E-state index is 11.1. The van der Waals surface area contributed by atoms with Crippen LogP contribution in [0.1, 0.15) is 20.3 Å². The summed E-state index contributed by atoms with van der Waals surface area (Å²) in [6.07, 6.45) is 0.610. The highest BCUT2D eigenvalue weighted by Crippen LogP contribution is 2.42. The highest BCUT2D eigenvalue weighted by atomic mass is 31.2. The minimum absolute atomic E-state index is 0.119. The van der Waals surface area contributed by atoms with E-state index in [2.05, 4.69) is 20.4 Å². The lowest BCUT2D eigenvalue weighted by molar-refractivity contribution is -0.139. The summed E-state index contributed by atoms with van der Waals surface area (Å²) in [6.45, 7) is 6.50. The lowest BCUT2D eigenvalue weighted by Gasteiger charge is -2.11. The van der Waals surface area contributed by atoms with Crippen molar-refractivity contribution in [3.8, 4) is 0 Å². The number of esters is 1. The molecular formula is C9H17O6P. The number of carbonyl (C=O) groups is 1. The van der Waals surface area contributed by atoms with E-state index in [0.29, 0.717) is 6.42 Å². The van der Waals surface area contributed by atoms with E-state index in [0.717, 1.165) is 0 Å². The number of rotatable bonds is 8. The number of ether oxygens (including phenoxy) is 1. The molecule has 0 aliphatic heterocycles. The van der Waals surface area contributed by atoms with Gasteiger partial charge in [0, 0.05) is 5.57 Å². The zero-order chi connectivity index (χ0) is 12.6. The average Bonchev–Trinajstić information content (AvgIpc) is 2.21. The van der Waals surface area contributed by atoms with Crippen LogP contribution in [0.2, 0.25) is 0 Å². The van der Waals surface area contributed by atoms with Gasteiger partial charge < -0.3 is 9.63 Å². The molecule has 0 fully saturated rings. The fourth-order valence-corrected chi connectivity index (χ4v) is 1.45. The summed E-state index contributed by atoms with van der Waals surface area (Å²) in [6, 6.07) is 0. The first-order valence-corrected chi connectivity index (χ1v) is 6.33. The smallest absolute Gasteiger partial charge is 0.460 e. The van der Waals surface area contributed by atoms with Gasteiger partial charge in [-0.25, -0.2) is 9.36 Å². The SMILES string of the molecule is C=C(C)C(=O)OCCOP(=O)(O)OCCC. The number of hydrogen-bond donors (Lipinski definition) is 1. The van der Waals surface area contributed by atoms with Crippen LogP contribution in [0.5, 0.6) is 0 Å². The molecule has 94 valence electrons. The third kappa shape index (κ3) is 7.59. The van der Waals surface area contributed by atoms with E-state index in [1.54, 1.807) is 6.92 Å². The van der Waals surface area contributed by atoms with Crippen molar-refractivity contribution in [3.05, 3.63) is 12.2 Å². The van der Waals surface area contributed by atoms with Crippen LogP contribution in [-0.2, 0) is 23.1 Å². The van der Waals surface area contributed by atoms with Crippen molar-refractivity contribution in [2.75, 3.05) is 19.8 Å². The number of hydrogen-bond acceptors (Lipinski definition) is 5. The van der Waals surface area contributed by atoms with Gasteiger partial charge in [0.2, 0.25) is 0 Å². The van der Waals surface area contributed by atoms with Gasteiger partial charge >= 0.3 is 13.8 Å². The normalized spacial score (nSPS) is 14.2. The van der Waals surface area contributed by atoms with Crippen LogP contribution in [-0.4, -0.2) is 30.7 Å². The second kappa shape index (κ2) is 7.57. The Balaban J connectivity index is 3.69. The highest BCUT2D eigenvalue weighted by molar-refractivity contribution is 7.47. The van der Waals surface area contributed by atoms with Crippen LogP contribution in [0.25, 0.3) is 0 Å². The van der Waals surface area contributed by atoms with Crippen LogP contribution < -0.4 is 0 Å². The van der Waals surface area contributed by atoms with Crippen LogP contribution in [0.3, 0.4) is 0 Å². The van der Waals surface area contributed by atoms with Gasteiger partial charge in [0.1, 0.15) is 6.61 Å². The third-order valence-electron chi connectivity index (χ3n) is 1.38. The van der Waals surface area contributed by atoms with Crippen molar-refractivity contribution < 1.29 is 28.0 Å². The predicted octanol–water partition coefficient (Wildman–Crippen LogP) is 1.65. The number of carbonyl (C=O) groups excluding carboxylic acids is 1. The van der Waals surface area contributed by atoms with Gasteiger partial charge in [-0.3, -0.25) is 9.05 Å². The second-order valence-electron chi connectivity index (χ2n) is 3.05. The molecule has 0 spiro atoms. The molecule has 0 amide bonds. The second-order valence-corrected chi connectivity index (χ2v) is 4.50. The zero-order valence-electron chi connectivity index (χ0n) is 9.47. The molecule has 1 atom stereocenters. The van der Waals surface area contributed by atoms with Gasteiger partial charge in [-0.05, 0) is 13.3 Å². The zero-order valence-corrected chi connectivity index (χ0v) is 10.4. The van der Waals surface area contributed by atoms with Gasteiger partial charge in [0.25, 0.3) is 0 Å². The van der Waals surface area contributed by atoms with Crippen LogP contribution in [0, 0.1) is 0 Å². The van der Waals surface area contributed by atoms with Crippen molar-refractivity contribution >= 4 is 13.8 Å². The van der Waals surface area contributed by atoms with Crippen LogP contribution in [0.15, 0.2) is 12.2 Å². The van der Waals surface area contributed by atoms with Crippen molar-refractivity contribution in [1.82, 2.24) is 0 Å². The van der Waals surface area contributed by atoms with E-state index in [4.69, 9.17) is 4.89 Å². The summed E-state index contributed by atoms with van der Waals surface area (Å²) in [5.74, 6) is -0.564. The molecular weight excluding hydrogens is 235 g/mol. The van der Waals surface area contributed by atoms with E-state index < -0.39 is 13.8 Å². The van der Waals surface area contributed by atoms with E-state index in [1.807, 2.05) is 0 Å². The maximum absolute atomic E-state index is 11.1. The Hall–Kier alpha value is -0.680. The first-order valence-electron chi connectivity index (χ1n) is 4.83. The quantitative estimate of drug-likeness (QED) is 0.306. The molecule has 0 bridgehead atoms. The van der Waals surface area contributed by atoms with E-state index in [-0.39, 0.29) is 25.4 Å². The van der Waals surface area contributed by atoms with E-state index in [1.165, 1.54) is 6.92 Å². The molecule has 0 aliphatic rings. The summed E-state index contributed by atoms with van der Waals surface area (Å²) in [4.78, 5) is 20.0. The topological polar surface area (TPSA) is 82.1 Å². The molecule has 0 saturated carbocycles.